The smallest absolute Gasteiger partial charge is 0.170 e. The summed E-state index contributed by atoms with van der Waals surface area (Å²) in [4.78, 5) is 0. The predicted molar refractivity (Wildman–Crippen MR) is 74.6 cm³/mol. The van der Waals surface area contributed by atoms with E-state index in [1.807, 2.05) is 12.1 Å². The van der Waals surface area contributed by atoms with E-state index >= 15 is 0 Å². The van der Waals surface area contributed by atoms with Crippen LogP contribution in [0.15, 0.2) is 23.4 Å². The monoisotopic (exact) mass is 263 g/mol. The number of nitrogens with two attached hydrogens (primary N) is 1. The van der Waals surface area contributed by atoms with Crippen LogP contribution in [0, 0.1) is 0 Å². The zero-order valence-corrected chi connectivity index (χ0v) is 11.4. The average Bonchev–Trinajstić information content (AvgIpc) is 2.41. The summed E-state index contributed by atoms with van der Waals surface area (Å²) in [5.41, 5.74) is 7.55. The average molecular weight is 263 g/mol. The normalized spacial score (nSPS) is 17.9. The van der Waals surface area contributed by atoms with Crippen molar-refractivity contribution in [3.63, 3.8) is 0 Å². The fourth-order valence-corrected chi connectivity index (χ4v) is 2.33. The van der Waals surface area contributed by atoms with Gasteiger partial charge in [0, 0.05) is 23.2 Å². The summed E-state index contributed by atoms with van der Waals surface area (Å²) in [6.45, 7) is 2.95. The van der Waals surface area contributed by atoms with E-state index in [0.717, 1.165) is 11.3 Å². The lowest BCUT2D eigenvalue weighted by Crippen LogP contribution is -2.47. The summed E-state index contributed by atoms with van der Waals surface area (Å²) < 4.78 is 5.35. The van der Waals surface area contributed by atoms with E-state index in [0.29, 0.717) is 12.1 Å². The third-order valence-electron chi connectivity index (χ3n) is 3.85. The first-order valence-electron chi connectivity index (χ1n) is 6.48. The van der Waals surface area contributed by atoms with Crippen molar-refractivity contribution in [1.29, 1.82) is 0 Å². The second kappa shape index (κ2) is 5.48. The maximum Gasteiger partial charge on any atom is 0.170 e. The minimum absolute atomic E-state index is 0.110. The number of amidine groups is 1. The number of ether oxygens (including phenoxy) is 1. The Morgan fingerprint density at radius 2 is 2.26 bits per heavy atom. The molecular formula is C14H21N3O2. The predicted octanol–water partition coefficient (Wildman–Crippen LogP) is 1.82. The van der Waals surface area contributed by atoms with Gasteiger partial charge in [0.15, 0.2) is 5.84 Å². The van der Waals surface area contributed by atoms with E-state index in [2.05, 4.69) is 17.4 Å². The van der Waals surface area contributed by atoms with Crippen LogP contribution in [0.1, 0.15) is 37.3 Å². The van der Waals surface area contributed by atoms with Crippen LogP contribution in [0.3, 0.4) is 0 Å². The molecule has 0 atom stereocenters. The van der Waals surface area contributed by atoms with Crippen LogP contribution in [-0.2, 0) is 6.54 Å². The Bertz CT molecular complexity index is 482. The van der Waals surface area contributed by atoms with E-state index in [-0.39, 0.29) is 11.4 Å². The summed E-state index contributed by atoms with van der Waals surface area (Å²) in [5.74, 6) is 0.920. The zero-order valence-electron chi connectivity index (χ0n) is 11.4. The Morgan fingerprint density at radius 1 is 1.53 bits per heavy atom. The summed E-state index contributed by atoms with van der Waals surface area (Å²) >= 11 is 0. The Balaban J connectivity index is 2.16. The van der Waals surface area contributed by atoms with E-state index < -0.39 is 0 Å². The van der Waals surface area contributed by atoms with Gasteiger partial charge in [-0.25, -0.2) is 0 Å². The molecule has 0 heterocycles. The van der Waals surface area contributed by atoms with Crippen molar-refractivity contribution in [3.8, 4) is 5.75 Å². The lowest BCUT2D eigenvalue weighted by Gasteiger charge is -2.39. The highest BCUT2D eigenvalue weighted by atomic mass is 16.5. The molecule has 2 rings (SSSR count). The van der Waals surface area contributed by atoms with Crippen molar-refractivity contribution in [1.82, 2.24) is 5.32 Å². The van der Waals surface area contributed by atoms with Crippen LogP contribution >= 0.6 is 0 Å². The molecule has 5 heteroatoms. The molecule has 0 saturated heterocycles. The van der Waals surface area contributed by atoms with Crippen LogP contribution < -0.4 is 15.8 Å². The summed E-state index contributed by atoms with van der Waals surface area (Å²) in [5, 5.41) is 15.3. The molecule has 1 aliphatic carbocycles. The van der Waals surface area contributed by atoms with Gasteiger partial charge in [0.25, 0.3) is 0 Å². The van der Waals surface area contributed by atoms with Crippen LogP contribution in [0.4, 0.5) is 0 Å². The number of hydrogen-bond donors (Lipinski definition) is 3. The molecule has 1 aliphatic rings. The second-order valence-electron chi connectivity index (χ2n) is 5.28. The van der Waals surface area contributed by atoms with Crippen LogP contribution in [-0.4, -0.2) is 23.7 Å². The van der Waals surface area contributed by atoms with E-state index in [1.54, 1.807) is 13.2 Å². The van der Waals surface area contributed by atoms with Crippen molar-refractivity contribution in [2.24, 2.45) is 10.9 Å². The SMILES string of the molecule is COc1ccc(/C(N)=N/O)cc1CNC1(C)CCC1. The van der Waals surface area contributed by atoms with E-state index in [9.17, 15) is 0 Å². The van der Waals surface area contributed by atoms with Crippen molar-refractivity contribution in [2.45, 2.75) is 38.3 Å². The summed E-state index contributed by atoms with van der Waals surface area (Å²) in [6.07, 6.45) is 3.69. The van der Waals surface area contributed by atoms with Crippen molar-refractivity contribution in [2.75, 3.05) is 7.11 Å². The third-order valence-corrected chi connectivity index (χ3v) is 3.85. The molecule has 0 spiro atoms. The number of rotatable bonds is 5. The first kappa shape index (κ1) is 13.7. The third kappa shape index (κ3) is 2.98. The lowest BCUT2D eigenvalue weighted by atomic mass is 9.78. The van der Waals surface area contributed by atoms with Crippen molar-refractivity contribution < 1.29 is 9.94 Å². The van der Waals surface area contributed by atoms with Gasteiger partial charge in [0.1, 0.15) is 5.75 Å². The summed E-state index contributed by atoms with van der Waals surface area (Å²) in [7, 11) is 1.65. The minimum atomic E-state index is 0.110. The number of oxime groups is 1. The molecule has 104 valence electrons. The van der Waals surface area contributed by atoms with Crippen molar-refractivity contribution >= 4 is 5.84 Å². The van der Waals surface area contributed by atoms with Crippen LogP contribution in [0.2, 0.25) is 0 Å². The summed E-state index contributed by atoms with van der Waals surface area (Å²) in [6, 6.07) is 5.51. The number of benzene rings is 1. The molecule has 1 saturated carbocycles. The fourth-order valence-electron chi connectivity index (χ4n) is 2.33. The molecule has 19 heavy (non-hydrogen) atoms. The van der Waals surface area contributed by atoms with Crippen molar-refractivity contribution in [3.05, 3.63) is 29.3 Å². The molecule has 1 aromatic rings. The van der Waals surface area contributed by atoms with Gasteiger partial charge < -0.3 is 21.0 Å². The molecular weight excluding hydrogens is 242 g/mol. The number of nitrogens with zero attached hydrogens (tertiary/aromatic N) is 1. The maximum absolute atomic E-state index is 8.73. The van der Waals surface area contributed by atoms with E-state index in [1.165, 1.54) is 19.3 Å². The lowest BCUT2D eigenvalue weighted by molar-refractivity contribution is 0.206. The topological polar surface area (TPSA) is 79.9 Å². The first-order valence-corrected chi connectivity index (χ1v) is 6.48. The molecule has 1 fully saturated rings. The zero-order chi connectivity index (χ0) is 13.9. The standard InChI is InChI=1S/C14H21N3O2/c1-14(6-3-7-14)16-9-11-8-10(13(15)17-18)4-5-12(11)19-2/h4-5,8,16,18H,3,6-7,9H2,1-2H3,(H2,15,17). The van der Waals surface area contributed by atoms with Gasteiger partial charge in [0.05, 0.1) is 7.11 Å². The van der Waals surface area contributed by atoms with Gasteiger partial charge in [-0.1, -0.05) is 5.16 Å². The number of nitrogens with one attached hydrogen (secondary N) is 1. The van der Waals surface area contributed by atoms with E-state index in [4.69, 9.17) is 15.7 Å². The molecule has 4 N–H and O–H groups in total. The second-order valence-corrected chi connectivity index (χ2v) is 5.28. The van der Waals surface area contributed by atoms with Gasteiger partial charge in [-0.2, -0.15) is 0 Å². The fraction of sp³-hybridized carbons (Fsp3) is 0.500. The van der Waals surface area contributed by atoms with Gasteiger partial charge in [-0.3, -0.25) is 0 Å². The Labute approximate surface area is 113 Å². The van der Waals surface area contributed by atoms with Gasteiger partial charge in [-0.15, -0.1) is 0 Å². The Kier molecular flexibility index (Phi) is 3.95. The largest absolute Gasteiger partial charge is 0.496 e. The molecule has 1 aromatic carbocycles. The number of hydrogen-bond acceptors (Lipinski definition) is 4. The van der Waals surface area contributed by atoms with Crippen LogP contribution in [0.5, 0.6) is 5.75 Å². The molecule has 5 nitrogen and oxygen atoms in total. The quantitative estimate of drug-likeness (QED) is 0.328. The molecule has 0 radical (unpaired) electrons. The highest BCUT2D eigenvalue weighted by Gasteiger charge is 2.30. The van der Waals surface area contributed by atoms with Gasteiger partial charge >= 0.3 is 0 Å². The highest BCUT2D eigenvalue weighted by molar-refractivity contribution is 5.97. The van der Waals surface area contributed by atoms with Gasteiger partial charge in [-0.05, 0) is 44.4 Å². The van der Waals surface area contributed by atoms with Gasteiger partial charge in [0.2, 0.25) is 0 Å². The maximum atomic E-state index is 8.73. The molecule has 0 unspecified atom stereocenters. The molecule has 0 bridgehead atoms. The number of methoxy groups -OCH3 is 1. The minimum Gasteiger partial charge on any atom is -0.496 e. The Hall–Kier alpha value is -1.75. The highest BCUT2D eigenvalue weighted by Crippen LogP contribution is 2.32. The first-order chi connectivity index (χ1) is 9.08. The Morgan fingerprint density at radius 3 is 2.79 bits per heavy atom. The van der Waals surface area contributed by atoms with Crippen LogP contribution in [0.25, 0.3) is 0 Å². The molecule has 0 amide bonds. The molecule has 0 aromatic heterocycles. The molecule has 0 aliphatic heterocycles.